The molecule has 1 rings (SSSR count). The molecule has 0 aliphatic carbocycles. The lowest BCUT2D eigenvalue weighted by Gasteiger charge is -1.97. The van der Waals surface area contributed by atoms with Crippen LogP contribution in [0.3, 0.4) is 0 Å². The molecule has 74 valence electrons. The average Bonchev–Trinajstić information content (AvgIpc) is 2.22. The smallest absolute Gasteiger partial charge is 0.195 e. The van der Waals surface area contributed by atoms with Crippen molar-refractivity contribution >= 4 is 33.2 Å². The Morgan fingerprint density at radius 3 is 2.53 bits per heavy atom. The average molecular weight is 284 g/mol. The lowest BCUT2D eigenvalue weighted by atomic mass is 10.3. The maximum Gasteiger partial charge on any atom is 0.242 e. The molecule has 0 saturated heterocycles. The Morgan fingerprint density at radius 1 is 1.33 bits per heavy atom. The van der Waals surface area contributed by atoms with Gasteiger partial charge in [0.25, 0.3) is 0 Å². The second kappa shape index (κ2) is 5.45. The van der Waals surface area contributed by atoms with Gasteiger partial charge in [0.1, 0.15) is 17.8 Å². The molecule has 0 radical (unpaired) electrons. The summed E-state index contributed by atoms with van der Waals surface area (Å²) in [4.78, 5) is 0. The molecule has 0 aromatic heterocycles. The second-order valence-corrected chi connectivity index (χ2v) is 3.79. The van der Waals surface area contributed by atoms with Gasteiger partial charge in [-0.15, -0.1) is 0 Å². The fraction of sp³-hybridized carbons (Fsp3) is 0.111. The first-order chi connectivity index (χ1) is 7.17. The third-order valence-electron chi connectivity index (χ3n) is 1.44. The molecular weight excluding hydrogens is 279 g/mol. The molecule has 4 nitrogen and oxygen atoms in total. The lowest BCUT2D eigenvalue weighted by molar-refractivity contribution is 0.949. The molecule has 0 heterocycles. The summed E-state index contributed by atoms with van der Waals surface area (Å²) >= 11 is 9.09. The molecule has 0 amide bonds. The molecule has 0 unspecified atom stereocenters. The minimum Gasteiger partial charge on any atom is -0.195 e. The van der Waals surface area contributed by atoms with E-state index in [9.17, 15) is 0 Å². The first-order valence-corrected chi connectivity index (χ1v) is 4.99. The van der Waals surface area contributed by atoms with Crippen LogP contribution in [0.25, 0.3) is 0 Å². The molecular formula is C9H4BrClN4. The van der Waals surface area contributed by atoms with Crippen molar-refractivity contribution in [2.45, 2.75) is 6.04 Å². The van der Waals surface area contributed by atoms with Gasteiger partial charge in [0, 0.05) is 4.47 Å². The predicted octanol–water partition coefficient (Wildman–Crippen LogP) is 3.60. The number of hydrogen-bond donors (Lipinski definition) is 0. The summed E-state index contributed by atoms with van der Waals surface area (Å²) in [6, 6.07) is 7.31. The van der Waals surface area contributed by atoms with Gasteiger partial charge in [0.15, 0.2) is 0 Å². The third-order valence-corrected chi connectivity index (χ3v) is 2.23. The zero-order valence-electron chi connectivity index (χ0n) is 7.35. The quantitative estimate of drug-likeness (QED) is 0.778. The van der Waals surface area contributed by atoms with E-state index < -0.39 is 6.04 Å². The van der Waals surface area contributed by atoms with Crippen LogP contribution < -0.4 is 0 Å². The van der Waals surface area contributed by atoms with Crippen LogP contribution in [0.1, 0.15) is 0 Å². The Bertz CT molecular complexity index is 458. The fourth-order valence-corrected chi connectivity index (χ4v) is 1.47. The molecule has 1 aromatic rings. The summed E-state index contributed by atoms with van der Waals surface area (Å²) in [5, 5.41) is 24.5. The van der Waals surface area contributed by atoms with E-state index in [-0.39, 0.29) is 0 Å². The van der Waals surface area contributed by atoms with Crippen molar-refractivity contribution in [3.63, 3.8) is 0 Å². The van der Waals surface area contributed by atoms with E-state index in [0.717, 1.165) is 4.47 Å². The minimum atomic E-state index is -1.09. The highest BCUT2D eigenvalue weighted by molar-refractivity contribution is 9.10. The van der Waals surface area contributed by atoms with Crippen LogP contribution in [0, 0.1) is 22.7 Å². The summed E-state index contributed by atoms with van der Waals surface area (Å²) in [6.07, 6.45) is 0. The number of hydrogen-bond acceptors (Lipinski definition) is 4. The minimum absolute atomic E-state index is 0.405. The van der Waals surface area contributed by atoms with Gasteiger partial charge in [-0.3, -0.25) is 0 Å². The van der Waals surface area contributed by atoms with Crippen molar-refractivity contribution in [2.24, 2.45) is 10.2 Å². The highest BCUT2D eigenvalue weighted by atomic mass is 79.9. The van der Waals surface area contributed by atoms with Crippen LogP contribution in [0.4, 0.5) is 5.69 Å². The Hall–Kier alpha value is -1.43. The lowest BCUT2D eigenvalue weighted by Crippen LogP contribution is -1.92. The van der Waals surface area contributed by atoms with Crippen LogP contribution in [0.2, 0.25) is 5.02 Å². The molecule has 15 heavy (non-hydrogen) atoms. The maximum absolute atomic E-state index is 8.45. The predicted molar refractivity (Wildman–Crippen MR) is 58.7 cm³/mol. The molecule has 0 saturated carbocycles. The van der Waals surface area contributed by atoms with E-state index >= 15 is 0 Å². The van der Waals surface area contributed by atoms with Crippen molar-refractivity contribution < 1.29 is 0 Å². The number of azo groups is 1. The largest absolute Gasteiger partial charge is 0.242 e. The Labute approximate surface area is 99.9 Å². The summed E-state index contributed by atoms with van der Waals surface area (Å²) in [7, 11) is 0. The Morgan fingerprint density at radius 2 is 2.00 bits per heavy atom. The van der Waals surface area contributed by atoms with Crippen molar-refractivity contribution in [1.29, 1.82) is 10.5 Å². The number of rotatable bonds is 2. The Balaban J connectivity index is 2.92. The summed E-state index contributed by atoms with van der Waals surface area (Å²) in [6.45, 7) is 0. The molecule has 0 spiro atoms. The molecule has 0 aliphatic heterocycles. The van der Waals surface area contributed by atoms with E-state index in [1.807, 2.05) is 0 Å². The highest BCUT2D eigenvalue weighted by Gasteiger charge is 2.03. The zero-order chi connectivity index (χ0) is 11.3. The first-order valence-electron chi connectivity index (χ1n) is 3.82. The maximum atomic E-state index is 8.45. The normalized spacial score (nSPS) is 10.2. The van der Waals surface area contributed by atoms with Gasteiger partial charge < -0.3 is 0 Å². The number of benzene rings is 1. The van der Waals surface area contributed by atoms with E-state index in [4.69, 9.17) is 22.1 Å². The molecule has 0 atom stereocenters. The number of nitrogens with zero attached hydrogens (tertiary/aromatic N) is 4. The van der Waals surface area contributed by atoms with E-state index in [0.29, 0.717) is 10.7 Å². The fourth-order valence-electron chi connectivity index (χ4n) is 0.763. The van der Waals surface area contributed by atoms with Gasteiger partial charge in [-0.2, -0.15) is 20.8 Å². The van der Waals surface area contributed by atoms with Crippen molar-refractivity contribution in [3.8, 4) is 12.1 Å². The monoisotopic (exact) mass is 282 g/mol. The highest BCUT2D eigenvalue weighted by Crippen LogP contribution is 2.28. The van der Waals surface area contributed by atoms with Crippen LogP contribution in [-0.2, 0) is 0 Å². The first kappa shape index (κ1) is 11.6. The van der Waals surface area contributed by atoms with Gasteiger partial charge in [-0.1, -0.05) is 27.5 Å². The zero-order valence-corrected chi connectivity index (χ0v) is 9.70. The molecule has 0 N–H and O–H groups in total. The van der Waals surface area contributed by atoms with Gasteiger partial charge in [0.05, 0.1) is 5.02 Å². The van der Waals surface area contributed by atoms with Gasteiger partial charge in [-0.25, -0.2) is 0 Å². The van der Waals surface area contributed by atoms with Gasteiger partial charge in [-0.05, 0) is 18.2 Å². The van der Waals surface area contributed by atoms with E-state index in [1.165, 1.54) is 0 Å². The molecule has 0 aliphatic rings. The van der Waals surface area contributed by atoms with Gasteiger partial charge in [0.2, 0.25) is 6.04 Å². The topological polar surface area (TPSA) is 72.3 Å². The molecule has 0 fully saturated rings. The van der Waals surface area contributed by atoms with Crippen molar-refractivity contribution in [3.05, 3.63) is 27.7 Å². The number of halogens is 2. The van der Waals surface area contributed by atoms with Crippen molar-refractivity contribution in [1.82, 2.24) is 0 Å². The van der Waals surface area contributed by atoms with E-state index in [2.05, 4.69) is 26.2 Å². The summed E-state index contributed by atoms with van der Waals surface area (Å²) in [5.41, 5.74) is 0.426. The second-order valence-electron chi connectivity index (χ2n) is 2.47. The SMILES string of the molecule is N#CC(C#N)N=Nc1ccc(Br)cc1Cl. The van der Waals surface area contributed by atoms with Crippen LogP contribution in [0.15, 0.2) is 32.9 Å². The van der Waals surface area contributed by atoms with Gasteiger partial charge >= 0.3 is 0 Å². The standard InChI is InChI=1S/C9H4BrClN4/c10-6-1-2-9(8(11)3-6)15-14-7(4-12)5-13/h1-3,7H. The summed E-state index contributed by atoms with van der Waals surface area (Å²) in [5.74, 6) is 0. The Kier molecular flexibility index (Phi) is 4.23. The van der Waals surface area contributed by atoms with Crippen LogP contribution in [-0.4, -0.2) is 6.04 Å². The third kappa shape index (κ3) is 3.32. The van der Waals surface area contributed by atoms with Crippen LogP contribution in [0.5, 0.6) is 0 Å². The molecule has 1 aromatic carbocycles. The summed E-state index contributed by atoms with van der Waals surface area (Å²) < 4.78 is 0.823. The van der Waals surface area contributed by atoms with Crippen LogP contribution >= 0.6 is 27.5 Å². The molecule has 0 bridgehead atoms. The molecule has 6 heteroatoms. The number of nitriles is 2. The van der Waals surface area contributed by atoms with E-state index in [1.54, 1.807) is 30.3 Å². The van der Waals surface area contributed by atoms with Crippen molar-refractivity contribution in [2.75, 3.05) is 0 Å².